The molecule has 1 saturated heterocycles. The molecule has 32 heavy (non-hydrogen) atoms. The Morgan fingerprint density at radius 3 is 2.53 bits per heavy atom. The number of carbonyl (C=O) groups is 1. The number of thiazole rings is 1. The number of anilines is 1. The molecule has 2 N–H and O–H groups in total. The van der Waals surface area contributed by atoms with E-state index < -0.39 is 15.9 Å². The first-order valence-corrected chi connectivity index (χ1v) is 13.1. The summed E-state index contributed by atoms with van der Waals surface area (Å²) < 4.78 is 32.2. The van der Waals surface area contributed by atoms with Gasteiger partial charge in [0.1, 0.15) is 0 Å². The van der Waals surface area contributed by atoms with Gasteiger partial charge in [0.25, 0.3) is 0 Å². The van der Waals surface area contributed by atoms with E-state index in [0.29, 0.717) is 52.2 Å². The highest BCUT2D eigenvalue weighted by atomic mass is 32.2. The molecule has 2 aromatic rings. The fourth-order valence-electron chi connectivity index (χ4n) is 3.39. The van der Waals surface area contributed by atoms with Gasteiger partial charge in [-0.05, 0) is 25.3 Å². The van der Waals surface area contributed by atoms with Crippen molar-refractivity contribution in [2.45, 2.75) is 26.2 Å². The Hall–Kier alpha value is -2.05. The van der Waals surface area contributed by atoms with E-state index in [1.54, 1.807) is 21.1 Å². The smallest absolute Gasteiger partial charge is 0.243 e. The van der Waals surface area contributed by atoms with Crippen molar-refractivity contribution in [3.63, 3.8) is 0 Å². The monoisotopic (exact) mass is 482 g/mol. The van der Waals surface area contributed by atoms with E-state index in [0.717, 1.165) is 15.6 Å². The summed E-state index contributed by atoms with van der Waals surface area (Å²) in [5.74, 6) is -0.418. The van der Waals surface area contributed by atoms with Gasteiger partial charge in [0, 0.05) is 52.0 Å². The second kappa shape index (κ2) is 11.7. The fourth-order valence-corrected chi connectivity index (χ4v) is 5.82. The number of sulfonamides is 1. The molecular weight excluding hydrogens is 452 g/mol. The molecule has 11 heteroatoms. The maximum atomic E-state index is 12.6. The zero-order chi connectivity index (χ0) is 23.0. The molecule has 1 aromatic heterocycles. The van der Waals surface area contributed by atoms with Crippen LogP contribution < -0.4 is 10.4 Å². The Balaban J connectivity index is 1.40. The average Bonchev–Trinajstić information content (AvgIpc) is 3.29. The molecule has 0 saturated carbocycles. The number of nitrogens with zero attached hydrogens (tertiary/aromatic N) is 3. The number of hydrogen-bond donors (Lipinski definition) is 2. The van der Waals surface area contributed by atoms with Crippen LogP contribution in [0.1, 0.15) is 24.8 Å². The van der Waals surface area contributed by atoms with Gasteiger partial charge < -0.3 is 9.64 Å². The highest BCUT2D eigenvalue weighted by Crippen LogP contribution is 2.31. The predicted octanol–water partition coefficient (Wildman–Crippen LogP) is 2.26. The Labute approximate surface area is 193 Å². The lowest BCUT2D eigenvalue weighted by Crippen LogP contribution is -2.49. The van der Waals surface area contributed by atoms with Gasteiger partial charge in [-0.3, -0.25) is 10.0 Å². The van der Waals surface area contributed by atoms with Crippen molar-refractivity contribution in [3.05, 3.63) is 36.0 Å². The molecule has 176 valence electrons. The molecule has 0 unspecified atom stereocenters. The van der Waals surface area contributed by atoms with Gasteiger partial charge in [0.2, 0.25) is 15.9 Å². The first kappa shape index (κ1) is 24.6. The maximum Gasteiger partial charge on any atom is 0.243 e. The molecule has 0 spiro atoms. The van der Waals surface area contributed by atoms with E-state index in [1.807, 2.05) is 6.20 Å². The van der Waals surface area contributed by atoms with Crippen molar-refractivity contribution in [3.8, 4) is 10.4 Å². The Morgan fingerprint density at radius 1 is 1.16 bits per heavy atom. The number of piperazine rings is 1. The normalized spacial score (nSPS) is 15.1. The molecule has 2 heterocycles. The second-order valence-corrected chi connectivity index (χ2v) is 10.8. The van der Waals surface area contributed by atoms with Crippen LogP contribution in [-0.4, -0.2) is 74.0 Å². The number of aryl methyl sites for hydroxylation is 1. The van der Waals surface area contributed by atoms with E-state index in [4.69, 9.17) is 9.94 Å². The number of aromatic nitrogens is 1. The first-order chi connectivity index (χ1) is 15.4. The Morgan fingerprint density at radius 2 is 1.84 bits per heavy atom. The van der Waals surface area contributed by atoms with Gasteiger partial charge >= 0.3 is 0 Å². The summed E-state index contributed by atoms with van der Waals surface area (Å²) in [4.78, 5) is 18.7. The third-order valence-electron chi connectivity index (χ3n) is 5.24. The van der Waals surface area contributed by atoms with Crippen molar-refractivity contribution in [2.24, 2.45) is 0 Å². The van der Waals surface area contributed by atoms with Crippen molar-refractivity contribution in [1.82, 2.24) is 14.8 Å². The second-order valence-electron chi connectivity index (χ2n) is 7.68. The number of amides is 1. The lowest BCUT2D eigenvalue weighted by Gasteiger charge is -2.33. The zero-order valence-corrected chi connectivity index (χ0v) is 19.8. The molecule has 9 nitrogen and oxygen atoms in total. The summed E-state index contributed by atoms with van der Waals surface area (Å²) in [6.45, 7) is 4.85. The van der Waals surface area contributed by atoms with Crippen molar-refractivity contribution < 1.29 is 23.2 Å². The number of benzene rings is 1. The lowest BCUT2D eigenvalue weighted by atomic mass is 10.1. The highest BCUT2D eigenvalue weighted by molar-refractivity contribution is 7.89. The van der Waals surface area contributed by atoms with Crippen molar-refractivity contribution in [2.75, 3.05) is 50.0 Å². The predicted molar refractivity (Wildman–Crippen MR) is 124 cm³/mol. The molecule has 0 bridgehead atoms. The molecule has 1 amide bonds. The number of ether oxygens (including phenoxy) is 1. The van der Waals surface area contributed by atoms with Gasteiger partial charge in [0.15, 0.2) is 5.13 Å². The van der Waals surface area contributed by atoms with Gasteiger partial charge in [0.05, 0.1) is 10.6 Å². The Kier molecular flexibility index (Phi) is 9.00. The van der Waals surface area contributed by atoms with E-state index in [1.165, 1.54) is 5.56 Å². The maximum absolute atomic E-state index is 12.6. The summed E-state index contributed by atoms with van der Waals surface area (Å²) in [5.41, 5.74) is 3.92. The zero-order valence-electron chi connectivity index (χ0n) is 18.2. The number of nitrogens with one attached hydrogen (secondary N) is 1. The highest BCUT2D eigenvalue weighted by Gasteiger charge is 2.27. The summed E-state index contributed by atoms with van der Waals surface area (Å²) in [7, 11) is -3.33. The van der Waals surface area contributed by atoms with Crippen LogP contribution in [-0.2, 0) is 19.6 Å². The third-order valence-corrected chi connectivity index (χ3v) is 8.30. The van der Waals surface area contributed by atoms with E-state index in [9.17, 15) is 13.2 Å². The van der Waals surface area contributed by atoms with E-state index >= 15 is 0 Å². The van der Waals surface area contributed by atoms with Crippen LogP contribution in [0.2, 0.25) is 0 Å². The molecule has 0 atom stereocenters. The topological polar surface area (TPSA) is 112 Å². The van der Waals surface area contributed by atoms with Crippen LogP contribution >= 0.6 is 11.3 Å². The molecule has 1 aromatic carbocycles. The third kappa shape index (κ3) is 6.97. The quantitative estimate of drug-likeness (QED) is 0.287. The van der Waals surface area contributed by atoms with Gasteiger partial charge in [-0.15, -0.1) is 0 Å². The van der Waals surface area contributed by atoms with Gasteiger partial charge in [-0.1, -0.05) is 41.2 Å². The molecule has 1 fully saturated rings. The summed E-state index contributed by atoms with van der Waals surface area (Å²) in [6.07, 6.45) is 2.93. The molecule has 1 aliphatic heterocycles. The van der Waals surface area contributed by atoms with Crippen molar-refractivity contribution >= 4 is 32.4 Å². The minimum absolute atomic E-state index is 0.0406. The lowest BCUT2D eigenvalue weighted by molar-refractivity contribution is -0.129. The van der Waals surface area contributed by atoms with Crippen LogP contribution in [0.15, 0.2) is 30.5 Å². The minimum Gasteiger partial charge on any atom is -0.381 e. The van der Waals surface area contributed by atoms with E-state index in [2.05, 4.69) is 41.1 Å². The standard InChI is InChI=1S/C21H30N4O5S2/c1-17-5-7-18(8-6-17)19-16-22-21(31-19)24-9-11-25(12-10-24)32(28,29)15-3-14-30-13-2-4-20(26)23-27/h5-8,16,27H,2-4,9-15H2,1H3,(H,23,26). The number of rotatable bonds is 11. The summed E-state index contributed by atoms with van der Waals surface area (Å²) in [6, 6.07) is 8.34. The average molecular weight is 483 g/mol. The first-order valence-electron chi connectivity index (χ1n) is 10.7. The molecule has 1 aliphatic rings. The summed E-state index contributed by atoms with van der Waals surface area (Å²) in [5, 5.41) is 9.33. The number of hydrogen-bond acceptors (Lipinski definition) is 8. The molecular formula is C21H30N4O5S2. The number of hydroxylamine groups is 1. The SMILES string of the molecule is Cc1ccc(-c2cnc(N3CCN(S(=O)(=O)CCCOCCCC(=O)NO)CC3)s2)cc1. The van der Waals surface area contributed by atoms with Crippen LogP contribution in [0.25, 0.3) is 10.4 Å². The molecule has 0 aliphatic carbocycles. The summed E-state index contributed by atoms with van der Waals surface area (Å²) >= 11 is 1.62. The van der Waals surface area contributed by atoms with Gasteiger partial charge in [-0.25, -0.2) is 18.9 Å². The number of carbonyl (C=O) groups excluding carboxylic acids is 1. The fraction of sp³-hybridized carbons (Fsp3) is 0.524. The molecule has 3 rings (SSSR count). The minimum atomic E-state index is -3.33. The van der Waals surface area contributed by atoms with Crippen LogP contribution in [0, 0.1) is 6.92 Å². The van der Waals surface area contributed by atoms with E-state index in [-0.39, 0.29) is 12.2 Å². The van der Waals surface area contributed by atoms with Crippen LogP contribution in [0.5, 0.6) is 0 Å². The van der Waals surface area contributed by atoms with Crippen LogP contribution in [0.3, 0.4) is 0 Å². The largest absolute Gasteiger partial charge is 0.381 e. The Bertz CT molecular complexity index is 970. The van der Waals surface area contributed by atoms with Gasteiger partial charge in [-0.2, -0.15) is 4.31 Å². The molecule has 0 radical (unpaired) electrons. The van der Waals surface area contributed by atoms with Crippen LogP contribution in [0.4, 0.5) is 5.13 Å². The van der Waals surface area contributed by atoms with Crippen molar-refractivity contribution in [1.29, 1.82) is 0 Å².